The molecule has 0 fully saturated rings. The first kappa shape index (κ1) is 12.3. The summed E-state index contributed by atoms with van der Waals surface area (Å²) in [6.07, 6.45) is 0.469. The highest BCUT2D eigenvalue weighted by Crippen LogP contribution is 2.24. The van der Waals surface area contributed by atoms with E-state index in [1.54, 1.807) is 0 Å². The van der Waals surface area contributed by atoms with Crippen molar-refractivity contribution in [2.75, 3.05) is 24.2 Å². The summed E-state index contributed by atoms with van der Waals surface area (Å²) in [7, 11) is 0. The van der Waals surface area contributed by atoms with E-state index in [0.29, 0.717) is 13.0 Å². The van der Waals surface area contributed by atoms with Gasteiger partial charge < -0.3 is 21.3 Å². The predicted molar refractivity (Wildman–Crippen MR) is 58.0 cm³/mol. The van der Waals surface area contributed by atoms with E-state index in [-0.39, 0.29) is 23.5 Å². The largest absolute Gasteiger partial charge is 0.478 e. The number of aromatic carboxylic acids is 1. The van der Waals surface area contributed by atoms with Gasteiger partial charge in [-0.1, -0.05) is 0 Å². The van der Waals surface area contributed by atoms with E-state index < -0.39 is 11.8 Å². The number of hydrogen-bond acceptors (Lipinski definition) is 4. The standard InChI is InChI=1S/C10H13FN2O3/c11-6-2-3-7(13-4-1-5-14)8(9(6)12)10(15)16/h2-3,13-14H,1,4-5,12H2,(H,15,16). The predicted octanol–water partition coefficient (Wildman–Crippen LogP) is 0.900. The summed E-state index contributed by atoms with van der Waals surface area (Å²) in [6.45, 7) is 0.383. The Labute approximate surface area is 91.7 Å². The molecule has 1 aromatic carbocycles. The number of aliphatic hydroxyl groups is 1. The van der Waals surface area contributed by atoms with Crippen LogP contribution in [0.15, 0.2) is 12.1 Å². The molecule has 5 N–H and O–H groups in total. The van der Waals surface area contributed by atoms with Crippen LogP contribution in [-0.4, -0.2) is 29.3 Å². The summed E-state index contributed by atoms with van der Waals surface area (Å²) in [5.41, 5.74) is 4.93. The number of carboxylic acid groups (broad SMARTS) is 1. The Hall–Kier alpha value is -1.82. The molecule has 1 aromatic rings. The van der Waals surface area contributed by atoms with Gasteiger partial charge in [0.05, 0.1) is 11.4 Å². The van der Waals surface area contributed by atoms with Gasteiger partial charge in [0.15, 0.2) is 0 Å². The van der Waals surface area contributed by atoms with Crippen molar-refractivity contribution < 1.29 is 19.4 Å². The molecule has 0 aliphatic carbocycles. The molecule has 6 heteroatoms. The number of aliphatic hydroxyl groups excluding tert-OH is 1. The SMILES string of the molecule is Nc1c(F)ccc(NCCCO)c1C(=O)O. The van der Waals surface area contributed by atoms with Crippen molar-refractivity contribution in [2.45, 2.75) is 6.42 Å². The Bertz CT molecular complexity index is 396. The number of nitrogens with one attached hydrogen (secondary N) is 1. The Balaban J connectivity index is 2.99. The number of halogens is 1. The van der Waals surface area contributed by atoms with E-state index in [9.17, 15) is 9.18 Å². The lowest BCUT2D eigenvalue weighted by molar-refractivity contribution is 0.0698. The van der Waals surface area contributed by atoms with Gasteiger partial charge in [0.1, 0.15) is 11.4 Å². The number of anilines is 2. The van der Waals surface area contributed by atoms with Gasteiger partial charge in [-0.05, 0) is 18.6 Å². The van der Waals surface area contributed by atoms with Crippen LogP contribution in [0.1, 0.15) is 16.8 Å². The second-order valence-electron chi connectivity index (χ2n) is 3.19. The molecule has 0 aliphatic rings. The van der Waals surface area contributed by atoms with Gasteiger partial charge in [0.2, 0.25) is 0 Å². The zero-order chi connectivity index (χ0) is 12.1. The normalized spacial score (nSPS) is 10.1. The number of nitrogen functional groups attached to an aromatic ring is 1. The summed E-state index contributed by atoms with van der Waals surface area (Å²) in [4.78, 5) is 10.9. The van der Waals surface area contributed by atoms with Gasteiger partial charge in [-0.2, -0.15) is 0 Å². The zero-order valence-corrected chi connectivity index (χ0v) is 8.53. The van der Waals surface area contributed by atoms with Crippen molar-refractivity contribution in [3.05, 3.63) is 23.5 Å². The van der Waals surface area contributed by atoms with Crippen molar-refractivity contribution in [1.82, 2.24) is 0 Å². The average molecular weight is 228 g/mol. The van der Waals surface area contributed by atoms with E-state index in [1.165, 1.54) is 6.07 Å². The molecule has 0 unspecified atom stereocenters. The highest BCUT2D eigenvalue weighted by atomic mass is 19.1. The third kappa shape index (κ3) is 2.60. The second kappa shape index (κ2) is 5.32. The summed E-state index contributed by atoms with van der Waals surface area (Å²) >= 11 is 0. The molecule has 0 heterocycles. The summed E-state index contributed by atoms with van der Waals surface area (Å²) in [6, 6.07) is 2.41. The van der Waals surface area contributed by atoms with Gasteiger partial charge in [0, 0.05) is 13.2 Å². The maximum absolute atomic E-state index is 13.1. The fraction of sp³-hybridized carbons (Fsp3) is 0.300. The highest BCUT2D eigenvalue weighted by Gasteiger charge is 2.16. The summed E-state index contributed by atoms with van der Waals surface area (Å²) in [5, 5.41) is 20.2. The van der Waals surface area contributed by atoms with Gasteiger partial charge in [0.25, 0.3) is 0 Å². The molecule has 0 bridgehead atoms. The molecule has 1 rings (SSSR count). The van der Waals surface area contributed by atoms with Gasteiger partial charge in [-0.15, -0.1) is 0 Å². The molecule has 0 saturated heterocycles. The Morgan fingerprint density at radius 2 is 2.19 bits per heavy atom. The third-order valence-corrected chi connectivity index (χ3v) is 2.06. The molecule has 0 atom stereocenters. The monoisotopic (exact) mass is 228 g/mol. The number of carbonyl (C=O) groups is 1. The zero-order valence-electron chi connectivity index (χ0n) is 8.53. The molecule has 0 aliphatic heterocycles. The molecule has 0 aromatic heterocycles. The van der Waals surface area contributed by atoms with Crippen molar-refractivity contribution in [1.29, 1.82) is 0 Å². The van der Waals surface area contributed by atoms with Crippen molar-refractivity contribution in [3.63, 3.8) is 0 Å². The molecule has 0 saturated carbocycles. The van der Waals surface area contributed by atoms with Crippen LogP contribution in [-0.2, 0) is 0 Å². The number of nitrogens with two attached hydrogens (primary N) is 1. The maximum Gasteiger partial charge on any atom is 0.340 e. The van der Waals surface area contributed by atoms with E-state index in [1.807, 2.05) is 0 Å². The van der Waals surface area contributed by atoms with Gasteiger partial charge >= 0.3 is 5.97 Å². The molecular weight excluding hydrogens is 215 g/mol. The summed E-state index contributed by atoms with van der Waals surface area (Å²) < 4.78 is 13.1. The van der Waals surface area contributed by atoms with Crippen LogP contribution < -0.4 is 11.1 Å². The molecule has 0 amide bonds. The number of carboxylic acids is 1. The van der Waals surface area contributed by atoms with Crippen LogP contribution in [0.4, 0.5) is 15.8 Å². The van der Waals surface area contributed by atoms with Crippen LogP contribution in [0.2, 0.25) is 0 Å². The minimum absolute atomic E-state index is 0.00786. The number of hydrogen-bond donors (Lipinski definition) is 4. The van der Waals surface area contributed by atoms with Gasteiger partial charge in [-0.25, -0.2) is 9.18 Å². The average Bonchev–Trinajstić information content (AvgIpc) is 2.23. The first-order chi connectivity index (χ1) is 7.57. The lowest BCUT2D eigenvalue weighted by Gasteiger charge is -2.11. The second-order valence-corrected chi connectivity index (χ2v) is 3.19. The topological polar surface area (TPSA) is 95.6 Å². The van der Waals surface area contributed by atoms with Crippen LogP contribution in [0.5, 0.6) is 0 Å². The van der Waals surface area contributed by atoms with Gasteiger partial charge in [-0.3, -0.25) is 0 Å². The fourth-order valence-corrected chi connectivity index (χ4v) is 1.27. The van der Waals surface area contributed by atoms with Crippen LogP contribution in [0.25, 0.3) is 0 Å². The molecule has 0 spiro atoms. The lowest BCUT2D eigenvalue weighted by Crippen LogP contribution is -2.12. The van der Waals surface area contributed by atoms with Crippen molar-refractivity contribution in [2.24, 2.45) is 0 Å². The summed E-state index contributed by atoms with van der Waals surface area (Å²) in [5.74, 6) is -2.05. The van der Waals surface area contributed by atoms with Crippen molar-refractivity contribution in [3.8, 4) is 0 Å². The first-order valence-electron chi connectivity index (χ1n) is 4.74. The minimum Gasteiger partial charge on any atom is -0.478 e. The highest BCUT2D eigenvalue weighted by molar-refractivity contribution is 6.00. The van der Waals surface area contributed by atoms with E-state index in [0.717, 1.165) is 6.07 Å². The molecule has 0 radical (unpaired) electrons. The Kier molecular flexibility index (Phi) is 4.07. The smallest absolute Gasteiger partial charge is 0.340 e. The van der Waals surface area contributed by atoms with Crippen LogP contribution >= 0.6 is 0 Å². The maximum atomic E-state index is 13.1. The quantitative estimate of drug-likeness (QED) is 0.443. The third-order valence-electron chi connectivity index (χ3n) is 2.06. The molecule has 16 heavy (non-hydrogen) atoms. The minimum atomic E-state index is -1.29. The van der Waals surface area contributed by atoms with E-state index in [4.69, 9.17) is 15.9 Å². The Morgan fingerprint density at radius 3 is 2.75 bits per heavy atom. The Morgan fingerprint density at radius 1 is 1.50 bits per heavy atom. The number of rotatable bonds is 5. The fourth-order valence-electron chi connectivity index (χ4n) is 1.27. The van der Waals surface area contributed by atoms with E-state index in [2.05, 4.69) is 5.32 Å². The molecular formula is C10H13FN2O3. The number of benzene rings is 1. The first-order valence-corrected chi connectivity index (χ1v) is 4.74. The molecule has 5 nitrogen and oxygen atoms in total. The lowest BCUT2D eigenvalue weighted by atomic mass is 10.1. The van der Waals surface area contributed by atoms with E-state index >= 15 is 0 Å². The van der Waals surface area contributed by atoms with Crippen LogP contribution in [0.3, 0.4) is 0 Å². The van der Waals surface area contributed by atoms with Crippen LogP contribution in [0, 0.1) is 5.82 Å². The molecule has 88 valence electrons. The van der Waals surface area contributed by atoms with Crippen molar-refractivity contribution >= 4 is 17.3 Å².